The number of nitrogens with one attached hydrogen (secondary N) is 1. The molecule has 4 heterocycles. The van der Waals surface area contributed by atoms with E-state index >= 15 is 0 Å². The Hall–Kier alpha value is -7.67. The average Bonchev–Trinajstić information content (AvgIpc) is 1.53. The molecule has 0 aliphatic carbocycles. The molecule has 5 aromatic carbocycles. The Balaban J connectivity index is 0.00000254. The molecule has 0 saturated carbocycles. The summed E-state index contributed by atoms with van der Waals surface area (Å²) in [6.45, 7) is 10.1. The monoisotopic (exact) mass is 1370 g/mol. The van der Waals surface area contributed by atoms with Gasteiger partial charge < -0.3 is 10.2 Å². The summed E-state index contributed by atoms with van der Waals surface area (Å²) in [5, 5.41) is 16.7. The molecule has 7 N–H and O–H groups in total. The van der Waals surface area contributed by atoms with Crippen molar-refractivity contribution in [2.75, 3.05) is 23.7 Å². The van der Waals surface area contributed by atoms with E-state index in [1.165, 1.54) is 30.5 Å². The number of Topliss-reactive ketones (excluding diaryl/α,β-unsaturated/α-hetero) is 1. The molecule has 476 valence electrons. The zero-order valence-electron chi connectivity index (χ0n) is 48.3. The molecule has 2 aromatic heterocycles. The van der Waals surface area contributed by atoms with Gasteiger partial charge in [0.05, 0.1) is 38.6 Å². The Labute approximate surface area is 523 Å². The zero-order valence-corrected chi connectivity index (χ0v) is 54.0. The first-order valence-corrected chi connectivity index (χ1v) is 36.2. The van der Waals surface area contributed by atoms with E-state index in [0.29, 0.717) is 68.7 Å². The molecule has 0 spiro atoms. The van der Waals surface area contributed by atoms with Crippen molar-refractivity contribution in [1.82, 2.24) is 20.5 Å². The number of allylic oxidation sites excluding steroid dienone is 6. The molecular weight excluding hydrogens is 1310 g/mol. The maximum Gasteiger partial charge on any atom is 0.425 e. The summed E-state index contributed by atoms with van der Waals surface area (Å²) in [6.07, 6.45) is 9.76. The number of nitrogens with zero attached hydrogens (tertiary/aromatic N) is 5. The van der Waals surface area contributed by atoms with Crippen LogP contribution in [0, 0.1) is 0 Å². The number of fused-ring (bicyclic) bond motifs is 6. The number of pyridine rings is 1. The maximum atomic E-state index is 13.7. The van der Waals surface area contributed by atoms with Gasteiger partial charge in [0.25, 0.3) is 56.4 Å². The number of hydrogen-bond donors (Lipinski definition) is 6. The van der Waals surface area contributed by atoms with E-state index in [2.05, 4.69) is 20.1 Å². The van der Waals surface area contributed by atoms with Gasteiger partial charge in [-0.1, -0.05) is 81.0 Å². The molecule has 2 aliphatic heterocycles. The van der Waals surface area contributed by atoms with Crippen molar-refractivity contribution < 1.29 is 87.1 Å². The summed E-state index contributed by atoms with van der Waals surface area (Å²) in [5.74, 6) is -1.51. The fraction of sp³-hybridized carbons (Fsp3) is 0.263. The summed E-state index contributed by atoms with van der Waals surface area (Å²) in [7, 11) is -26.4. The van der Waals surface area contributed by atoms with Crippen LogP contribution >= 0.6 is 11.3 Å². The number of rotatable bonds is 21. The summed E-state index contributed by atoms with van der Waals surface area (Å²) < 4.78 is 191. The molecule has 0 fully saturated rings. The SMILES string of the molecule is CCCC[N+]1=C(/C=C/C(=C/C=C2/N(CCCS(=O)(=O)O)c3ccc4c(S(=O)(=O)O)cc(S(=O)(=O)O)cc4c3C2(C)C)c2ccc(C(=O)NCc3ccc(C(=O)Cc4nnc(S(N)(=O)=O)s4)cc3)cn2)C(C)(C)c2c1ccc1ccc(S(=O)(=O)O)cc21.O=S(=O)=O. The fourth-order valence-corrected chi connectivity index (χ4v) is 14.8. The molecule has 0 atom stereocenters. The van der Waals surface area contributed by atoms with Crippen LogP contribution in [0.3, 0.4) is 0 Å². The van der Waals surface area contributed by atoms with E-state index in [-0.39, 0.29) is 58.0 Å². The number of unbranched alkanes of at least 4 members (excludes halogenated alkanes) is 1. The third-order valence-corrected chi connectivity index (χ3v) is 20.6. The highest BCUT2D eigenvalue weighted by molar-refractivity contribution is 7.91. The molecular formula is C57H58N7O19S7+. The standard InChI is InChI=1S/C57H57N7O16S6.O3S/c1-6-7-25-63-45-21-15-35-13-18-39(84(72,73)74)28-42(35)52(45)56(2,3)49(63)23-16-36(44-20-14-38(33-59-44)54(66)60-32-34-9-11-37(12-10-34)47(65)31-51-61-62-55(81-51)83(58,70)71)17-24-50-57(4,5)53-43-29-40(85(75,76)77)30-48(86(78,79)80)41(43)19-22-46(53)64(50)26-8-27-82(67,68)69;1-4(2)3/h9-24,28-30,33H,6-8,25-27,31-32H2,1-5H3,(H6-,58,60,66,67,68,69,70,71,72,73,74,75,76,77,78,79,80);/p+1. The normalized spacial score (nSPS) is 15.5. The first-order chi connectivity index (χ1) is 41.8. The van der Waals surface area contributed by atoms with Crippen molar-refractivity contribution in [3.05, 3.63) is 166 Å². The predicted molar refractivity (Wildman–Crippen MR) is 333 cm³/mol. The smallest absolute Gasteiger partial charge is 0.348 e. The minimum atomic E-state index is -5.10. The van der Waals surface area contributed by atoms with Gasteiger partial charge in [0.15, 0.2) is 11.5 Å². The molecule has 0 radical (unpaired) electrons. The van der Waals surface area contributed by atoms with Crippen LogP contribution in [-0.2, 0) is 84.9 Å². The van der Waals surface area contributed by atoms with Crippen LogP contribution in [0.5, 0.6) is 0 Å². The number of carbonyl (C=O) groups is 2. The molecule has 0 bridgehead atoms. The molecule has 26 nitrogen and oxygen atoms in total. The van der Waals surface area contributed by atoms with E-state index in [4.69, 9.17) is 22.7 Å². The van der Waals surface area contributed by atoms with Crippen molar-refractivity contribution >= 4 is 128 Å². The number of nitrogens with two attached hydrogens (primary N) is 1. The van der Waals surface area contributed by atoms with Gasteiger partial charge in [0, 0.05) is 76.7 Å². The van der Waals surface area contributed by atoms with Gasteiger partial charge in [-0.05, 0) is 108 Å². The van der Waals surface area contributed by atoms with E-state index in [1.807, 2.05) is 39.0 Å². The summed E-state index contributed by atoms with van der Waals surface area (Å²) in [4.78, 5) is 31.3. The molecule has 7 aromatic rings. The molecule has 9 rings (SSSR count). The lowest BCUT2D eigenvalue weighted by Gasteiger charge is -2.27. The topological polar surface area (TPSA) is 420 Å². The second-order valence-corrected chi connectivity index (χ2v) is 30.8. The number of amides is 1. The number of aromatic nitrogens is 3. The van der Waals surface area contributed by atoms with Gasteiger partial charge in [-0.2, -0.15) is 38.2 Å². The predicted octanol–water partition coefficient (Wildman–Crippen LogP) is 6.75. The minimum absolute atomic E-state index is 0.0261. The lowest BCUT2D eigenvalue weighted by molar-refractivity contribution is -0.438. The lowest BCUT2D eigenvalue weighted by Crippen LogP contribution is -2.28. The first kappa shape index (κ1) is 68.2. The third kappa shape index (κ3) is 15.2. The van der Waals surface area contributed by atoms with Crippen LogP contribution in [-0.4, -0.2) is 129 Å². The van der Waals surface area contributed by atoms with Crippen molar-refractivity contribution in [3.63, 3.8) is 0 Å². The molecule has 1 amide bonds. The molecule has 0 saturated heterocycles. The van der Waals surface area contributed by atoms with Crippen LogP contribution in [0.4, 0.5) is 11.4 Å². The Morgan fingerprint density at radius 3 is 1.97 bits per heavy atom. The number of sulfonamides is 1. The van der Waals surface area contributed by atoms with Crippen LogP contribution in [0.1, 0.15) is 102 Å². The maximum absolute atomic E-state index is 13.7. The van der Waals surface area contributed by atoms with Gasteiger partial charge >= 0.3 is 10.6 Å². The van der Waals surface area contributed by atoms with Crippen LogP contribution in [0.25, 0.3) is 27.1 Å². The van der Waals surface area contributed by atoms with Crippen molar-refractivity contribution in [1.29, 1.82) is 0 Å². The van der Waals surface area contributed by atoms with Crippen LogP contribution in [0.15, 0.2) is 146 Å². The number of carbonyl (C=O) groups excluding carboxylic acids is 2. The van der Waals surface area contributed by atoms with Gasteiger partial charge in [-0.15, -0.1) is 22.8 Å². The van der Waals surface area contributed by atoms with Crippen molar-refractivity contribution in [3.8, 4) is 0 Å². The highest BCUT2D eigenvalue weighted by Crippen LogP contribution is 2.52. The van der Waals surface area contributed by atoms with Gasteiger partial charge in [-0.25, -0.2) is 13.6 Å². The molecule has 2 aliphatic rings. The summed E-state index contributed by atoms with van der Waals surface area (Å²) in [5.41, 5.74) is 3.48. The number of benzene rings is 5. The number of hydrogen-bond acceptors (Lipinski definition) is 20. The van der Waals surface area contributed by atoms with Gasteiger partial charge in [0.2, 0.25) is 10.0 Å². The highest BCUT2D eigenvalue weighted by atomic mass is 32.3. The Kier molecular flexibility index (Phi) is 19.6. The Morgan fingerprint density at radius 2 is 1.38 bits per heavy atom. The summed E-state index contributed by atoms with van der Waals surface area (Å²) >= 11 is 0.691. The molecule has 0 unspecified atom stereocenters. The van der Waals surface area contributed by atoms with E-state index in [1.54, 1.807) is 79.4 Å². The fourth-order valence-electron chi connectivity index (χ4n) is 10.9. The number of ketones is 1. The Morgan fingerprint density at radius 1 is 0.733 bits per heavy atom. The first-order valence-electron chi connectivity index (χ1n) is 26.9. The van der Waals surface area contributed by atoms with Crippen molar-refractivity contribution in [2.45, 2.75) is 96.7 Å². The van der Waals surface area contributed by atoms with Gasteiger partial charge in [0.1, 0.15) is 16.4 Å². The highest BCUT2D eigenvalue weighted by Gasteiger charge is 2.46. The summed E-state index contributed by atoms with van der Waals surface area (Å²) in [6, 6.07) is 22.4. The minimum Gasteiger partial charge on any atom is -0.348 e. The lowest BCUT2D eigenvalue weighted by atomic mass is 9.79. The Bertz CT molecular complexity index is 4950. The number of primary sulfonamides is 1. The average molecular weight is 1370 g/mol. The van der Waals surface area contributed by atoms with E-state index < -0.39 is 97.7 Å². The number of anilines is 1. The molecule has 90 heavy (non-hydrogen) atoms. The largest absolute Gasteiger partial charge is 0.425 e. The van der Waals surface area contributed by atoms with Crippen molar-refractivity contribution in [2.24, 2.45) is 5.14 Å². The van der Waals surface area contributed by atoms with E-state index in [9.17, 15) is 69.9 Å². The third-order valence-electron chi connectivity index (χ3n) is 15.0. The van der Waals surface area contributed by atoms with Gasteiger partial charge in [-0.3, -0.25) is 32.8 Å². The quantitative estimate of drug-likeness (QED) is 0.0187. The van der Waals surface area contributed by atoms with E-state index in [0.717, 1.165) is 41.3 Å². The van der Waals surface area contributed by atoms with Crippen LogP contribution in [0.2, 0.25) is 0 Å². The second kappa shape index (κ2) is 25.9. The zero-order chi connectivity index (χ0) is 66.3. The van der Waals surface area contributed by atoms with Crippen LogP contribution < -0.4 is 15.4 Å². The second-order valence-electron chi connectivity index (χ2n) is 21.8. The molecule has 33 heteroatoms.